The summed E-state index contributed by atoms with van der Waals surface area (Å²) < 4.78 is 27.7. The smallest absolute Gasteiger partial charge is 0.146 e. The Labute approximate surface area is 112 Å². The molecule has 0 aromatic heterocycles. The van der Waals surface area contributed by atoms with Gasteiger partial charge in [-0.2, -0.15) is 0 Å². The molecule has 0 bridgehead atoms. The molecule has 2 aromatic carbocycles. The summed E-state index contributed by atoms with van der Waals surface area (Å²) in [6, 6.07) is 8.55. The number of hydrogen-bond acceptors (Lipinski definition) is 2. The lowest BCUT2D eigenvalue weighted by molar-refractivity contribution is 0.623. The van der Waals surface area contributed by atoms with Crippen LogP contribution in [0, 0.1) is 11.6 Å². The van der Waals surface area contributed by atoms with Gasteiger partial charge in [0.05, 0.1) is 17.1 Å². The Morgan fingerprint density at radius 1 is 1.06 bits per heavy atom. The number of nitrogens with zero attached hydrogens (tertiary/aromatic N) is 1. The van der Waals surface area contributed by atoms with E-state index >= 15 is 0 Å². The third-order valence-corrected chi connectivity index (χ3v) is 3.12. The molecule has 0 aliphatic carbocycles. The van der Waals surface area contributed by atoms with E-state index in [0.717, 1.165) is 4.47 Å². The van der Waals surface area contributed by atoms with Crippen LogP contribution in [0.15, 0.2) is 40.9 Å². The van der Waals surface area contributed by atoms with Gasteiger partial charge in [-0.15, -0.1) is 0 Å². The van der Waals surface area contributed by atoms with Gasteiger partial charge in [-0.05, 0) is 36.4 Å². The second kappa shape index (κ2) is 4.94. The summed E-state index contributed by atoms with van der Waals surface area (Å²) in [7, 11) is 1.63. The Morgan fingerprint density at radius 2 is 1.78 bits per heavy atom. The summed E-state index contributed by atoms with van der Waals surface area (Å²) in [6.07, 6.45) is 0. The highest BCUT2D eigenvalue weighted by Crippen LogP contribution is 2.32. The van der Waals surface area contributed by atoms with Crippen molar-refractivity contribution in [2.45, 2.75) is 0 Å². The fourth-order valence-electron chi connectivity index (χ4n) is 1.68. The molecule has 0 spiro atoms. The maximum Gasteiger partial charge on any atom is 0.146 e. The summed E-state index contributed by atoms with van der Waals surface area (Å²) in [5.74, 6) is -0.814. The van der Waals surface area contributed by atoms with E-state index in [4.69, 9.17) is 5.73 Å². The Morgan fingerprint density at radius 3 is 2.50 bits per heavy atom. The average molecular weight is 313 g/mol. The van der Waals surface area contributed by atoms with E-state index in [2.05, 4.69) is 15.9 Å². The van der Waals surface area contributed by atoms with Gasteiger partial charge in [-0.1, -0.05) is 15.9 Å². The van der Waals surface area contributed by atoms with Crippen LogP contribution < -0.4 is 10.6 Å². The van der Waals surface area contributed by atoms with Gasteiger partial charge in [0.25, 0.3) is 0 Å². The first-order valence-electron chi connectivity index (χ1n) is 5.23. The van der Waals surface area contributed by atoms with Gasteiger partial charge < -0.3 is 10.6 Å². The van der Waals surface area contributed by atoms with Crippen molar-refractivity contribution in [3.8, 4) is 0 Å². The lowest BCUT2D eigenvalue weighted by Gasteiger charge is -2.22. The van der Waals surface area contributed by atoms with Gasteiger partial charge in [0.1, 0.15) is 11.6 Å². The minimum Gasteiger partial charge on any atom is -0.397 e. The lowest BCUT2D eigenvalue weighted by Crippen LogP contribution is -2.13. The first-order valence-corrected chi connectivity index (χ1v) is 6.02. The number of nitrogens with two attached hydrogens (primary N) is 1. The van der Waals surface area contributed by atoms with Crippen LogP contribution in [0.25, 0.3) is 0 Å². The Bertz CT molecular complexity index is 536. The van der Waals surface area contributed by atoms with Crippen molar-refractivity contribution in [3.05, 3.63) is 52.5 Å². The van der Waals surface area contributed by atoms with Gasteiger partial charge in [0.2, 0.25) is 0 Å². The lowest BCUT2D eigenvalue weighted by atomic mass is 10.2. The maximum absolute atomic E-state index is 13.7. The molecular formula is C13H11BrF2N2. The normalized spacial score (nSPS) is 10.4. The molecule has 0 heterocycles. The fraction of sp³-hybridized carbons (Fsp3) is 0.0769. The second-order valence-electron chi connectivity index (χ2n) is 3.86. The summed E-state index contributed by atoms with van der Waals surface area (Å²) in [4.78, 5) is 1.51. The molecule has 2 nitrogen and oxygen atoms in total. The molecule has 0 saturated heterocycles. The standard InChI is InChI=1S/C13H11BrF2N2/c1-18(12-6-8(14)2-4-10(12)16)13-7-9(15)3-5-11(13)17/h2-7H,17H2,1H3. The molecule has 18 heavy (non-hydrogen) atoms. The van der Waals surface area contributed by atoms with Crippen LogP contribution in [-0.4, -0.2) is 7.05 Å². The number of halogens is 3. The number of hydrogen-bond donors (Lipinski definition) is 1. The summed E-state index contributed by atoms with van der Waals surface area (Å²) in [5.41, 5.74) is 6.90. The quantitative estimate of drug-likeness (QED) is 0.847. The number of benzene rings is 2. The molecular weight excluding hydrogens is 302 g/mol. The van der Waals surface area contributed by atoms with Crippen LogP contribution in [0.3, 0.4) is 0 Å². The van der Waals surface area contributed by atoms with E-state index in [1.165, 1.54) is 29.2 Å². The van der Waals surface area contributed by atoms with E-state index in [1.807, 2.05) is 0 Å². The van der Waals surface area contributed by atoms with Gasteiger partial charge in [-0.25, -0.2) is 8.78 Å². The third kappa shape index (κ3) is 2.46. The molecule has 0 radical (unpaired) electrons. The minimum absolute atomic E-state index is 0.321. The van der Waals surface area contributed by atoms with Crippen LogP contribution in [0.4, 0.5) is 25.8 Å². The van der Waals surface area contributed by atoms with Crippen LogP contribution in [-0.2, 0) is 0 Å². The zero-order valence-electron chi connectivity index (χ0n) is 9.62. The van der Waals surface area contributed by atoms with E-state index < -0.39 is 11.6 Å². The summed E-state index contributed by atoms with van der Waals surface area (Å²) in [6.45, 7) is 0. The monoisotopic (exact) mass is 312 g/mol. The maximum atomic E-state index is 13.7. The first kappa shape index (κ1) is 12.8. The van der Waals surface area contributed by atoms with Crippen molar-refractivity contribution in [1.82, 2.24) is 0 Å². The topological polar surface area (TPSA) is 29.3 Å². The van der Waals surface area contributed by atoms with Gasteiger partial charge in [0.15, 0.2) is 0 Å². The molecule has 0 saturated carbocycles. The average Bonchev–Trinajstić information content (AvgIpc) is 2.34. The van der Waals surface area contributed by atoms with Crippen molar-refractivity contribution in [3.63, 3.8) is 0 Å². The van der Waals surface area contributed by atoms with Crippen LogP contribution in [0.5, 0.6) is 0 Å². The molecule has 2 rings (SSSR count). The Balaban J connectivity index is 2.50. The molecule has 0 amide bonds. The molecule has 0 unspecified atom stereocenters. The molecule has 0 atom stereocenters. The molecule has 94 valence electrons. The Kier molecular flexibility index (Phi) is 3.52. The van der Waals surface area contributed by atoms with E-state index in [9.17, 15) is 8.78 Å². The predicted molar refractivity (Wildman–Crippen MR) is 73.0 cm³/mol. The highest BCUT2D eigenvalue weighted by Gasteiger charge is 2.13. The highest BCUT2D eigenvalue weighted by atomic mass is 79.9. The van der Waals surface area contributed by atoms with Gasteiger partial charge in [0, 0.05) is 11.5 Å². The van der Waals surface area contributed by atoms with Crippen molar-refractivity contribution in [1.29, 1.82) is 0 Å². The largest absolute Gasteiger partial charge is 0.397 e. The van der Waals surface area contributed by atoms with Gasteiger partial charge >= 0.3 is 0 Å². The first-order chi connectivity index (χ1) is 8.49. The summed E-state index contributed by atoms with van der Waals surface area (Å²) in [5, 5.41) is 0. The van der Waals surface area contributed by atoms with Crippen molar-refractivity contribution in [2.24, 2.45) is 0 Å². The van der Waals surface area contributed by atoms with Crippen LogP contribution in [0.2, 0.25) is 0 Å². The zero-order valence-corrected chi connectivity index (χ0v) is 11.2. The minimum atomic E-state index is -0.415. The highest BCUT2D eigenvalue weighted by molar-refractivity contribution is 9.10. The predicted octanol–water partition coefficient (Wildman–Crippen LogP) is 4.08. The SMILES string of the molecule is CN(c1cc(F)ccc1N)c1cc(Br)ccc1F. The fourth-order valence-corrected chi connectivity index (χ4v) is 2.03. The van der Waals surface area contributed by atoms with Crippen LogP contribution >= 0.6 is 15.9 Å². The van der Waals surface area contributed by atoms with Crippen molar-refractivity contribution >= 4 is 33.0 Å². The molecule has 0 aliphatic rings. The second-order valence-corrected chi connectivity index (χ2v) is 4.77. The van der Waals surface area contributed by atoms with Crippen molar-refractivity contribution in [2.75, 3.05) is 17.7 Å². The molecule has 5 heteroatoms. The number of anilines is 3. The molecule has 2 N–H and O–H groups in total. The van der Waals surface area contributed by atoms with Gasteiger partial charge in [-0.3, -0.25) is 0 Å². The number of nitrogen functional groups attached to an aromatic ring is 1. The molecule has 0 aliphatic heterocycles. The third-order valence-electron chi connectivity index (χ3n) is 2.62. The zero-order chi connectivity index (χ0) is 13.3. The molecule has 0 fully saturated rings. The summed E-state index contributed by atoms with van der Waals surface area (Å²) >= 11 is 3.27. The number of rotatable bonds is 2. The van der Waals surface area contributed by atoms with Crippen molar-refractivity contribution < 1.29 is 8.78 Å². The molecule has 2 aromatic rings. The van der Waals surface area contributed by atoms with E-state index in [0.29, 0.717) is 17.1 Å². The van der Waals surface area contributed by atoms with E-state index in [1.54, 1.807) is 19.2 Å². The van der Waals surface area contributed by atoms with E-state index in [-0.39, 0.29) is 0 Å². The van der Waals surface area contributed by atoms with Crippen LogP contribution in [0.1, 0.15) is 0 Å². The Hall–Kier alpha value is -1.62.